The Labute approximate surface area is 224 Å². The molecule has 8 nitrogen and oxygen atoms in total. The number of aromatic nitrogens is 2. The molecule has 0 atom stereocenters. The molecule has 5 aromatic rings. The summed E-state index contributed by atoms with van der Waals surface area (Å²) in [5.41, 5.74) is 0.997. The van der Waals surface area contributed by atoms with Gasteiger partial charge in [-0.25, -0.2) is 4.79 Å². The molecule has 194 valence electrons. The highest BCUT2D eigenvalue weighted by atomic mass is 16.7. The van der Waals surface area contributed by atoms with Gasteiger partial charge in [0, 0.05) is 17.9 Å². The van der Waals surface area contributed by atoms with E-state index in [1.54, 1.807) is 4.90 Å². The van der Waals surface area contributed by atoms with E-state index in [1.165, 1.54) is 0 Å². The van der Waals surface area contributed by atoms with Crippen LogP contribution in [0.4, 0.5) is 17.2 Å². The Kier molecular flexibility index (Phi) is 7.64. The van der Waals surface area contributed by atoms with E-state index in [2.05, 4.69) is 10.3 Å². The third-order valence-corrected chi connectivity index (χ3v) is 6.02. The molecule has 0 saturated carbocycles. The first kappa shape index (κ1) is 25.3. The fourth-order valence-corrected chi connectivity index (χ4v) is 4.14. The number of para-hydroxylation sites is 2. The molecule has 0 unspecified atom stereocenters. The molecule has 0 spiro atoms. The van der Waals surface area contributed by atoms with Crippen molar-refractivity contribution in [3.05, 3.63) is 159 Å². The Morgan fingerprint density at radius 2 is 1.21 bits per heavy atom. The maximum absolute atomic E-state index is 13.8. The van der Waals surface area contributed by atoms with Gasteiger partial charge in [0.05, 0.1) is 0 Å². The van der Waals surface area contributed by atoms with Crippen LogP contribution in [0.5, 0.6) is 0 Å². The summed E-state index contributed by atoms with van der Waals surface area (Å²) in [6.07, 6.45) is 0. The Bertz CT molecular complexity index is 1610. The fourth-order valence-electron chi connectivity index (χ4n) is 4.14. The number of carbonyl (C=O) groups is 1. The molecule has 0 saturated heterocycles. The topological polar surface area (TPSA) is 96.4 Å². The van der Waals surface area contributed by atoms with E-state index in [0.29, 0.717) is 16.1 Å². The smallest absolute Gasteiger partial charge is 0.363 e. The average molecular weight is 519 g/mol. The quantitative estimate of drug-likeness (QED) is 0.298. The minimum absolute atomic E-state index is 0.0324. The highest BCUT2D eigenvalue weighted by Crippen LogP contribution is 2.33. The van der Waals surface area contributed by atoms with Gasteiger partial charge in [-0.05, 0) is 35.4 Å². The molecule has 1 heterocycles. The summed E-state index contributed by atoms with van der Waals surface area (Å²) in [4.78, 5) is 50.7. The van der Waals surface area contributed by atoms with Gasteiger partial charge in [0.2, 0.25) is 0 Å². The lowest BCUT2D eigenvalue weighted by molar-refractivity contribution is 0.0763. The number of aromatic amines is 1. The summed E-state index contributed by atoms with van der Waals surface area (Å²) in [6, 6.07) is 36.9. The summed E-state index contributed by atoms with van der Waals surface area (Å²) < 4.78 is 0.599. The zero-order valence-electron chi connectivity index (χ0n) is 21.0. The third kappa shape index (κ3) is 5.80. The second-order valence-electron chi connectivity index (χ2n) is 8.69. The van der Waals surface area contributed by atoms with Crippen LogP contribution in [0.1, 0.15) is 21.5 Å². The van der Waals surface area contributed by atoms with Crippen molar-refractivity contribution in [3.63, 3.8) is 0 Å². The van der Waals surface area contributed by atoms with Crippen LogP contribution in [0.15, 0.2) is 131 Å². The number of hydrogen-bond acceptors (Lipinski definition) is 5. The third-order valence-electron chi connectivity index (χ3n) is 6.02. The predicted octanol–water partition coefficient (Wildman–Crippen LogP) is 4.57. The number of nitrogens with zero attached hydrogens (tertiary/aromatic N) is 2. The van der Waals surface area contributed by atoms with E-state index in [1.807, 2.05) is 121 Å². The SMILES string of the molecule is O=C(NCc1ccccc1)c1c(N(c2ccccc2)c2ccccc2)[nH]c(=O)n(OCc2ccccc2)c1=O. The van der Waals surface area contributed by atoms with Crippen molar-refractivity contribution in [2.75, 3.05) is 4.90 Å². The van der Waals surface area contributed by atoms with E-state index in [-0.39, 0.29) is 24.5 Å². The average Bonchev–Trinajstić information content (AvgIpc) is 2.98. The van der Waals surface area contributed by atoms with Gasteiger partial charge in [-0.15, -0.1) is 0 Å². The number of amides is 1. The van der Waals surface area contributed by atoms with E-state index in [0.717, 1.165) is 11.1 Å². The van der Waals surface area contributed by atoms with E-state index >= 15 is 0 Å². The van der Waals surface area contributed by atoms with Crippen LogP contribution in [0.2, 0.25) is 0 Å². The number of rotatable bonds is 9. The Hall–Kier alpha value is -5.37. The minimum Gasteiger partial charge on any atom is -0.401 e. The first-order valence-corrected chi connectivity index (χ1v) is 12.4. The molecule has 5 rings (SSSR count). The summed E-state index contributed by atoms with van der Waals surface area (Å²) in [6.45, 7) is 0.161. The highest BCUT2D eigenvalue weighted by molar-refractivity contribution is 6.00. The van der Waals surface area contributed by atoms with E-state index in [4.69, 9.17) is 4.84 Å². The van der Waals surface area contributed by atoms with Crippen LogP contribution in [0.25, 0.3) is 0 Å². The van der Waals surface area contributed by atoms with Gasteiger partial charge >= 0.3 is 11.2 Å². The summed E-state index contributed by atoms with van der Waals surface area (Å²) in [5, 5.41) is 2.82. The monoisotopic (exact) mass is 518 g/mol. The summed E-state index contributed by atoms with van der Waals surface area (Å²) >= 11 is 0. The van der Waals surface area contributed by atoms with Crippen molar-refractivity contribution >= 4 is 23.1 Å². The number of anilines is 3. The van der Waals surface area contributed by atoms with E-state index in [9.17, 15) is 14.4 Å². The van der Waals surface area contributed by atoms with Crippen molar-refractivity contribution in [1.82, 2.24) is 15.0 Å². The molecule has 39 heavy (non-hydrogen) atoms. The Balaban J connectivity index is 1.63. The van der Waals surface area contributed by atoms with Crippen LogP contribution >= 0.6 is 0 Å². The predicted molar refractivity (Wildman–Crippen MR) is 150 cm³/mol. The molecular weight excluding hydrogens is 492 g/mol. The molecule has 0 fully saturated rings. The largest absolute Gasteiger partial charge is 0.401 e. The van der Waals surface area contributed by atoms with Crippen molar-refractivity contribution in [2.45, 2.75) is 13.2 Å². The number of benzene rings is 4. The molecule has 0 aliphatic rings. The molecule has 0 aliphatic heterocycles. The summed E-state index contributed by atoms with van der Waals surface area (Å²) in [7, 11) is 0. The molecule has 8 heteroatoms. The number of hydrogen-bond donors (Lipinski definition) is 2. The van der Waals surface area contributed by atoms with Gasteiger partial charge in [0.25, 0.3) is 5.91 Å². The Morgan fingerprint density at radius 1 is 0.718 bits per heavy atom. The molecule has 2 N–H and O–H groups in total. The standard InChI is InChI=1S/C31H26N4O4/c36-29(32-21-23-13-5-1-6-14-23)27-28(34(25-17-9-3-10-18-25)26-19-11-4-12-20-26)33-31(38)35(30(27)37)39-22-24-15-7-2-8-16-24/h1-20H,21-22H2,(H,32,36)(H,33,38). The first-order valence-electron chi connectivity index (χ1n) is 12.4. The number of H-pyrrole nitrogens is 1. The van der Waals surface area contributed by atoms with Gasteiger partial charge in [-0.3, -0.25) is 19.5 Å². The van der Waals surface area contributed by atoms with Crippen molar-refractivity contribution in [2.24, 2.45) is 0 Å². The molecule has 4 aromatic carbocycles. The maximum atomic E-state index is 13.8. The van der Waals surface area contributed by atoms with Crippen molar-refractivity contribution in [3.8, 4) is 0 Å². The van der Waals surface area contributed by atoms with Crippen molar-refractivity contribution < 1.29 is 9.63 Å². The molecular formula is C31H26N4O4. The minimum atomic E-state index is -0.868. The van der Waals surface area contributed by atoms with Crippen LogP contribution in [-0.4, -0.2) is 15.6 Å². The lowest BCUT2D eigenvalue weighted by atomic mass is 10.1. The lowest BCUT2D eigenvalue weighted by Crippen LogP contribution is -2.45. The molecule has 1 aromatic heterocycles. The van der Waals surface area contributed by atoms with Gasteiger partial charge in [-0.2, -0.15) is 0 Å². The van der Waals surface area contributed by atoms with Crippen LogP contribution in [0, 0.1) is 0 Å². The zero-order valence-corrected chi connectivity index (χ0v) is 21.0. The Morgan fingerprint density at radius 3 is 1.74 bits per heavy atom. The van der Waals surface area contributed by atoms with Gasteiger partial charge in [0.1, 0.15) is 18.0 Å². The van der Waals surface area contributed by atoms with Gasteiger partial charge in [0.15, 0.2) is 0 Å². The summed E-state index contributed by atoms with van der Waals surface area (Å²) in [5.74, 6) is -0.614. The van der Waals surface area contributed by atoms with Gasteiger partial charge in [-0.1, -0.05) is 102 Å². The number of nitrogens with one attached hydrogen (secondary N) is 2. The number of carbonyl (C=O) groups excluding carboxylic acids is 1. The second kappa shape index (κ2) is 11.8. The van der Waals surface area contributed by atoms with Crippen LogP contribution in [-0.2, 0) is 13.2 Å². The molecule has 0 aliphatic carbocycles. The molecule has 1 amide bonds. The molecule has 0 bridgehead atoms. The normalized spacial score (nSPS) is 10.6. The van der Waals surface area contributed by atoms with Crippen molar-refractivity contribution in [1.29, 1.82) is 0 Å². The second-order valence-corrected chi connectivity index (χ2v) is 8.69. The molecule has 0 radical (unpaired) electrons. The lowest BCUT2D eigenvalue weighted by Gasteiger charge is -2.26. The first-order chi connectivity index (χ1) is 19.1. The zero-order chi connectivity index (χ0) is 27.0. The van der Waals surface area contributed by atoms with Gasteiger partial charge < -0.3 is 10.2 Å². The maximum Gasteiger partial charge on any atom is 0.363 e. The fraction of sp³-hybridized carbons (Fsp3) is 0.0645. The highest BCUT2D eigenvalue weighted by Gasteiger charge is 2.27. The van der Waals surface area contributed by atoms with E-state index < -0.39 is 17.2 Å². The van der Waals surface area contributed by atoms with Crippen LogP contribution in [0.3, 0.4) is 0 Å². The van der Waals surface area contributed by atoms with Crippen LogP contribution < -0.4 is 26.3 Å².